The maximum absolute atomic E-state index is 11.6. The summed E-state index contributed by atoms with van der Waals surface area (Å²) in [5, 5.41) is 6.92. The number of amides is 3. The Morgan fingerprint density at radius 2 is 1.90 bits per heavy atom. The third kappa shape index (κ3) is 6.01. The molecule has 0 aliphatic heterocycles. The Kier molecular flexibility index (Phi) is 6.30. The van der Waals surface area contributed by atoms with Crippen LogP contribution >= 0.6 is 23.1 Å². The summed E-state index contributed by atoms with van der Waals surface area (Å²) in [7, 11) is 0. The molecule has 2 aromatic rings. The number of thiophene rings is 1. The minimum atomic E-state index is -0.450. The molecule has 0 fully saturated rings. The van der Waals surface area contributed by atoms with Gasteiger partial charge >= 0.3 is 6.03 Å². The molecular weight excluding hydrogens is 304 g/mol. The molecule has 4 nitrogen and oxygen atoms in total. The van der Waals surface area contributed by atoms with Gasteiger partial charge in [-0.05, 0) is 17.0 Å². The standard InChI is InChI=1S/C15H16N2O2S2/c18-14(11-20-10-12-5-2-1-3-6-12)17-15(19)16-9-13-7-4-8-21-13/h1-8H,9-11H2,(H2,16,17,18,19). The third-order valence-corrected chi connectivity index (χ3v) is 4.48. The third-order valence-electron chi connectivity index (χ3n) is 2.60. The van der Waals surface area contributed by atoms with Gasteiger partial charge in [0.15, 0.2) is 0 Å². The minimum Gasteiger partial charge on any atom is -0.333 e. The molecule has 0 atom stereocenters. The molecule has 0 bridgehead atoms. The Morgan fingerprint density at radius 1 is 1.10 bits per heavy atom. The van der Waals surface area contributed by atoms with Crippen LogP contribution in [0.15, 0.2) is 47.8 Å². The fourth-order valence-electron chi connectivity index (χ4n) is 1.62. The highest BCUT2D eigenvalue weighted by atomic mass is 32.2. The van der Waals surface area contributed by atoms with Crippen molar-refractivity contribution < 1.29 is 9.59 Å². The number of hydrogen-bond acceptors (Lipinski definition) is 4. The number of urea groups is 1. The van der Waals surface area contributed by atoms with Gasteiger partial charge in [0.1, 0.15) is 0 Å². The quantitative estimate of drug-likeness (QED) is 0.860. The molecule has 1 heterocycles. The number of nitrogens with one attached hydrogen (secondary N) is 2. The van der Waals surface area contributed by atoms with Crippen LogP contribution in [-0.2, 0) is 17.1 Å². The average Bonchev–Trinajstić information content (AvgIpc) is 2.99. The summed E-state index contributed by atoms with van der Waals surface area (Å²) in [5.41, 5.74) is 1.16. The smallest absolute Gasteiger partial charge is 0.321 e. The van der Waals surface area contributed by atoms with Crippen LogP contribution in [0.3, 0.4) is 0 Å². The molecule has 1 aromatic heterocycles. The van der Waals surface area contributed by atoms with Crippen LogP contribution in [0.25, 0.3) is 0 Å². The zero-order chi connectivity index (χ0) is 14.9. The predicted octanol–water partition coefficient (Wildman–Crippen LogP) is 3.01. The molecule has 0 spiro atoms. The van der Waals surface area contributed by atoms with Crippen molar-refractivity contribution >= 4 is 35.0 Å². The molecule has 0 aliphatic rings. The first kappa shape index (κ1) is 15.6. The maximum atomic E-state index is 11.6. The van der Waals surface area contributed by atoms with Crippen LogP contribution in [0.5, 0.6) is 0 Å². The Labute approximate surface area is 131 Å². The molecule has 3 amide bonds. The second kappa shape index (κ2) is 8.49. The van der Waals surface area contributed by atoms with E-state index < -0.39 is 6.03 Å². The average molecular weight is 320 g/mol. The van der Waals surface area contributed by atoms with Crippen LogP contribution in [0, 0.1) is 0 Å². The number of carbonyl (C=O) groups is 2. The number of thioether (sulfide) groups is 1. The van der Waals surface area contributed by atoms with E-state index in [4.69, 9.17) is 0 Å². The van der Waals surface area contributed by atoms with Gasteiger partial charge in [-0.15, -0.1) is 23.1 Å². The van der Waals surface area contributed by atoms with Gasteiger partial charge in [-0.25, -0.2) is 4.79 Å². The van der Waals surface area contributed by atoms with E-state index >= 15 is 0 Å². The van der Waals surface area contributed by atoms with Crippen molar-refractivity contribution in [3.63, 3.8) is 0 Å². The van der Waals surface area contributed by atoms with Crippen molar-refractivity contribution in [3.8, 4) is 0 Å². The fourth-order valence-corrected chi connectivity index (χ4v) is 3.06. The molecule has 1 aromatic carbocycles. The molecule has 0 unspecified atom stereocenters. The summed E-state index contributed by atoms with van der Waals surface area (Å²) in [6, 6.07) is 13.3. The highest BCUT2D eigenvalue weighted by Gasteiger charge is 2.07. The number of benzene rings is 1. The van der Waals surface area contributed by atoms with Gasteiger partial charge in [-0.1, -0.05) is 36.4 Å². The van der Waals surface area contributed by atoms with E-state index in [2.05, 4.69) is 10.6 Å². The Hall–Kier alpha value is -1.79. The lowest BCUT2D eigenvalue weighted by atomic mass is 10.2. The molecule has 0 aliphatic carbocycles. The topological polar surface area (TPSA) is 58.2 Å². The van der Waals surface area contributed by atoms with Crippen molar-refractivity contribution in [1.82, 2.24) is 10.6 Å². The summed E-state index contributed by atoms with van der Waals surface area (Å²) in [5.74, 6) is 0.742. The molecule has 6 heteroatoms. The summed E-state index contributed by atoms with van der Waals surface area (Å²) < 4.78 is 0. The lowest BCUT2D eigenvalue weighted by Gasteiger charge is -2.05. The van der Waals surface area contributed by atoms with Crippen molar-refractivity contribution in [1.29, 1.82) is 0 Å². The van der Waals surface area contributed by atoms with Gasteiger partial charge in [0.25, 0.3) is 0 Å². The lowest BCUT2D eigenvalue weighted by Crippen LogP contribution is -2.39. The summed E-state index contributed by atoms with van der Waals surface area (Å²) >= 11 is 3.05. The zero-order valence-corrected chi connectivity index (χ0v) is 13.0. The molecule has 0 saturated heterocycles. The monoisotopic (exact) mass is 320 g/mol. The Balaban J connectivity index is 1.61. The van der Waals surface area contributed by atoms with E-state index in [-0.39, 0.29) is 11.7 Å². The SMILES string of the molecule is O=C(CSCc1ccccc1)NC(=O)NCc1cccs1. The molecule has 2 rings (SSSR count). The molecule has 21 heavy (non-hydrogen) atoms. The normalized spacial score (nSPS) is 10.1. The number of imide groups is 1. The van der Waals surface area contributed by atoms with E-state index in [1.165, 1.54) is 11.8 Å². The molecule has 110 valence electrons. The van der Waals surface area contributed by atoms with E-state index in [0.29, 0.717) is 6.54 Å². The number of carbonyl (C=O) groups excluding carboxylic acids is 2. The summed E-state index contributed by atoms with van der Waals surface area (Å²) in [4.78, 5) is 24.2. The largest absolute Gasteiger partial charge is 0.333 e. The molecule has 2 N–H and O–H groups in total. The highest BCUT2D eigenvalue weighted by molar-refractivity contribution is 7.99. The van der Waals surface area contributed by atoms with Gasteiger partial charge in [0.05, 0.1) is 12.3 Å². The minimum absolute atomic E-state index is 0.265. The fraction of sp³-hybridized carbons (Fsp3) is 0.200. The van der Waals surface area contributed by atoms with Crippen LogP contribution < -0.4 is 10.6 Å². The van der Waals surface area contributed by atoms with Crippen LogP contribution in [0.4, 0.5) is 4.79 Å². The summed E-state index contributed by atoms with van der Waals surface area (Å²) in [6.07, 6.45) is 0. The first-order valence-corrected chi connectivity index (χ1v) is 8.49. The van der Waals surface area contributed by atoms with Crippen molar-refractivity contribution in [2.24, 2.45) is 0 Å². The van der Waals surface area contributed by atoms with E-state index in [9.17, 15) is 9.59 Å². The lowest BCUT2D eigenvalue weighted by molar-refractivity contribution is -0.117. The highest BCUT2D eigenvalue weighted by Crippen LogP contribution is 2.11. The second-order valence-corrected chi connectivity index (χ2v) is 6.31. The number of rotatable bonds is 6. The van der Waals surface area contributed by atoms with Crippen molar-refractivity contribution in [2.75, 3.05) is 5.75 Å². The molecular formula is C15H16N2O2S2. The molecule has 0 saturated carbocycles. The second-order valence-electron chi connectivity index (χ2n) is 4.29. The van der Waals surface area contributed by atoms with Gasteiger partial charge in [0, 0.05) is 10.6 Å². The van der Waals surface area contributed by atoms with Crippen molar-refractivity contribution in [3.05, 3.63) is 58.3 Å². The van der Waals surface area contributed by atoms with Crippen LogP contribution in [-0.4, -0.2) is 17.7 Å². The van der Waals surface area contributed by atoms with E-state index in [1.54, 1.807) is 11.3 Å². The van der Waals surface area contributed by atoms with Crippen LogP contribution in [0.2, 0.25) is 0 Å². The first-order valence-electron chi connectivity index (χ1n) is 6.46. The van der Waals surface area contributed by atoms with E-state index in [0.717, 1.165) is 16.2 Å². The predicted molar refractivity (Wildman–Crippen MR) is 87.3 cm³/mol. The summed E-state index contributed by atoms with van der Waals surface area (Å²) in [6.45, 7) is 0.438. The number of hydrogen-bond donors (Lipinski definition) is 2. The van der Waals surface area contributed by atoms with Gasteiger partial charge in [0.2, 0.25) is 5.91 Å². The Bertz CT molecular complexity index is 571. The first-order chi connectivity index (χ1) is 10.2. The molecule has 0 radical (unpaired) electrons. The van der Waals surface area contributed by atoms with Crippen LogP contribution in [0.1, 0.15) is 10.4 Å². The maximum Gasteiger partial charge on any atom is 0.321 e. The Morgan fingerprint density at radius 3 is 2.62 bits per heavy atom. The van der Waals surface area contributed by atoms with E-state index in [1.807, 2.05) is 47.8 Å². The van der Waals surface area contributed by atoms with Gasteiger partial charge < -0.3 is 5.32 Å². The van der Waals surface area contributed by atoms with Crippen molar-refractivity contribution in [2.45, 2.75) is 12.3 Å². The van der Waals surface area contributed by atoms with Gasteiger partial charge in [-0.2, -0.15) is 0 Å². The van der Waals surface area contributed by atoms with Gasteiger partial charge in [-0.3, -0.25) is 10.1 Å². The zero-order valence-electron chi connectivity index (χ0n) is 11.4.